The van der Waals surface area contributed by atoms with Crippen molar-refractivity contribution in [1.29, 1.82) is 0 Å². The Hall–Kier alpha value is -1.42. The molecule has 2 aromatic carbocycles. The fourth-order valence-electron chi connectivity index (χ4n) is 2.28. The summed E-state index contributed by atoms with van der Waals surface area (Å²) in [5, 5.41) is 12.8. The van der Waals surface area contributed by atoms with Gasteiger partial charge in [-0.2, -0.15) is 5.10 Å². The zero-order valence-corrected chi connectivity index (χ0v) is 13.4. The van der Waals surface area contributed by atoms with Gasteiger partial charge in [0.1, 0.15) is 0 Å². The maximum absolute atomic E-state index is 6.28. The van der Waals surface area contributed by atoms with E-state index in [-0.39, 0.29) is 6.04 Å². The van der Waals surface area contributed by atoms with Crippen molar-refractivity contribution in [1.82, 2.24) is 10.2 Å². The quantitative estimate of drug-likeness (QED) is 0.601. The minimum Gasteiger partial charge on any atom is -0.378 e. The van der Waals surface area contributed by atoms with Gasteiger partial charge in [-0.1, -0.05) is 46.9 Å². The molecule has 0 aliphatic carbocycles. The monoisotopic (exact) mass is 339 g/mol. The summed E-state index contributed by atoms with van der Waals surface area (Å²) in [7, 11) is 0. The van der Waals surface area contributed by atoms with Crippen LogP contribution in [0.5, 0.6) is 0 Å². The van der Waals surface area contributed by atoms with Crippen molar-refractivity contribution in [2.45, 2.75) is 13.0 Å². The van der Waals surface area contributed by atoms with E-state index in [1.54, 1.807) is 12.3 Å². The van der Waals surface area contributed by atoms with Crippen molar-refractivity contribution in [2.75, 3.05) is 5.32 Å². The molecule has 0 radical (unpaired) electrons. The van der Waals surface area contributed by atoms with Gasteiger partial charge >= 0.3 is 0 Å². The fourth-order valence-corrected chi connectivity index (χ4v) is 2.99. The highest BCUT2D eigenvalue weighted by Crippen LogP contribution is 2.36. The van der Waals surface area contributed by atoms with Gasteiger partial charge in [0.25, 0.3) is 0 Å². The van der Waals surface area contributed by atoms with Crippen molar-refractivity contribution in [3.63, 3.8) is 0 Å². The Morgan fingerprint density at radius 3 is 2.71 bits per heavy atom. The van der Waals surface area contributed by atoms with Gasteiger partial charge in [0.05, 0.1) is 32.8 Å². The van der Waals surface area contributed by atoms with Crippen molar-refractivity contribution in [3.8, 4) is 0 Å². The Kier molecular flexibility index (Phi) is 3.98. The lowest BCUT2D eigenvalue weighted by molar-refractivity contribution is 0.887. The number of H-pyrrole nitrogens is 1. The van der Waals surface area contributed by atoms with Crippen LogP contribution in [0.4, 0.5) is 5.69 Å². The second kappa shape index (κ2) is 5.76. The molecule has 108 valence electrons. The average Bonchev–Trinajstić information content (AvgIpc) is 2.94. The third-order valence-electron chi connectivity index (χ3n) is 3.39. The summed E-state index contributed by atoms with van der Waals surface area (Å²) in [5.74, 6) is 0. The van der Waals surface area contributed by atoms with Gasteiger partial charge in [-0.05, 0) is 30.7 Å². The van der Waals surface area contributed by atoms with Crippen molar-refractivity contribution < 1.29 is 0 Å². The molecule has 0 bridgehead atoms. The molecule has 1 atom stereocenters. The smallest absolute Gasteiger partial charge is 0.0782 e. The van der Waals surface area contributed by atoms with Crippen LogP contribution in [-0.2, 0) is 0 Å². The summed E-state index contributed by atoms with van der Waals surface area (Å²) >= 11 is 18.3. The van der Waals surface area contributed by atoms with E-state index in [4.69, 9.17) is 34.8 Å². The van der Waals surface area contributed by atoms with E-state index in [0.29, 0.717) is 15.1 Å². The van der Waals surface area contributed by atoms with Gasteiger partial charge in [0, 0.05) is 11.1 Å². The molecule has 0 saturated carbocycles. The van der Waals surface area contributed by atoms with Crippen LogP contribution in [0.3, 0.4) is 0 Å². The van der Waals surface area contributed by atoms with Crippen LogP contribution in [0.25, 0.3) is 10.9 Å². The van der Waals surface area contributed by atoms with E-state index < -0.39 is 0 Å². The van der Waals surface area contributed by atoms with Gasteiger partial charge in [-0.3, -0.25) is 5.10 Å². The van der Waals surface area contributed by atoms with Crippen LogP contribution in [0, 0.1) is 0 Å². The topological polar surface area (TPSA) is 40.7 Å². The van der Waals surface area contributed by atoms with Gasteiger partial charge in [-0.25, -0.2) is 0 Å². The van der Waals surface area contributed by atoms with Crippen molar-refractivity contribution in [3.05, 3.63) is 57.2 Å². The number of halogens is 3. The van der Waals surface area contributed by atoms with Gasteiger partial charge in [0.2, 0.25) is 0 Å². The van der Waals surface area contributed by atoms with E-state index in [1.807, 2.05) is 31.2 Å². The summed E-state index contributed by atoms with van der Waals surface area (Å²) in [5.41, 5.74) is 2.86. The number of fused-ring (bicyclic) bond motifs is 1. The first-order valence-electron chi connectivity index (χ1n) is 6.40. The zero-order valence-electron chi connectivity index (χ0n) is 11.1. The molecule has 0 spiro atoms. The molecule has 0 amide bonds. The third-order valence-corrected chi connectivity index (χ3v) is 4.70. The highest BCUT2D eigenvalue weighted by Gasteiger charge is 2.15. The maximum Gasteiger partial charge on any atom is 0.0782 e. The molecule has 1 heterocycles. The summed E-state index contributed by atoms with van der Waals surface area (Å²) in [6.07, 6.45) is 1.79. The van der Waals surface area contributed by atoms with E-state index >= 15 is 0 Å². The van der Waals surface area contributed by atoms with E-state index in [2.05, 4.69) is 15.5 Å². The van der Waals surface area contributed by atoms with Crippen LogP contribution in [0.1, 0.15) is 18.5 Å². The predicted molar refractivity (Wildman–Crippen MR) is 89.6 cm³/mol. The first kappa shape index (κ1) is 14.5. The molecule has 0 aliphatic rings. The summed E-state index contributed by atoms with van der Waals surface area (Å²) in [4.78, 5) is 0. The highest BCUT2D eigenvalue weighted by atomic mass is 35.5. The standard InChI is InChI=1S/C15H12Cl3N3/c1-8(9-5-6-11(16)15(18)14(9)17)20-12-3-2-4-13-10(12)7-19-21-13/h2-8,20H,1H3,(H,19,21). The van der Waals surface area contributed by atoms with Crippen molar-refractivity contribution >= 4 is 51.4 Å². The molecular formula is C15H12Cl3N3. The molecule has 0 fully saturated rings. The van der Waals surface area contributed by atoms with Crippen LogP contribution >= 0.6 is 34.8 Å². The SMILES string of the molecule is CC(Nc1cccc2[nH]ncc12)c1ccc(Cl)c(Cl)c1Cl. The van der Waals surface area contributed by atoms with Crippen LogP contribution < -0.4 is 5.32 Å². The van der Waals surface area contributed by atoms with Gasteiger partial charge < -0.3 is 5.32 Å². The first-order chi connectivity index (χ1) is 10.1. The summed E-state index contributed by atoms with van der Waals surface area (Å²) in [6, 6.07) is 9.55. The Bertz CT molecular complexity index is 798. The van der Waals surface area contributed by atoms with Gasteiger partial charge in [-0.15, -0.1) is 0 Å². The van der Waals surface area contributed by atoms with Gasteiger partial charge in [0.15, 0.2) is 0 Å². The number of hydrogen-bond donors (Lipinski definition) is 2. The molecule has 1 unspecified atom stereocenters. The Morgan fingerprint density at radius 1 is 1.10 bits per heavy atom. The molecule has 6 heteroatoms. The molecule has 3 rings (SSSR count). The largest absolute Gasteiger partial charge is 0.378 e. The summed E-state index contributed by atoms with van der Waals surface area (Å²) < 4.78 is 0. The Balaban J connectivity index is 1.95. The number of hydrogen-bond acceptors (Lipinski definition) is 2. The normalized spacial score (nSPS) is 12.6. The molecule has 3 aromatic rings. The minimum atomic E-state index is -0.0206. The maximum atomic E-state index is 6.28. The number of anilines is 1. The molecule has 3 nitrogen and oxygen atoms in total. The predicted octanol–water partition coefficient (Wildman–Crippen LogP) is 5.70. The number of benzene rings is 2. The second-order valence-electron chi connectivity index (χ2n) is 4.77. The lowest BCUT2D eigenvalue weighted by Gasteiger charge is -2.18. The number of aromatic amines is 1. The second-order valence-corrected chi connectivity index (χ2v) is 5.93. The molecule has 1 aromatic heterocycles. The van der Waals surface area contributed by atoms with E-state index in [9.17, 15) is 0 Å². The molecule has 21 heavy (non-hydrogen) atoms. The lowest BCUT2D eigenvalue weighted by atomic mass is 10.1. The molecule has 0 saturated heterocycles. The number of nitrogens with zero attached hydrogens (tertiary/aromatic N) is 1. The number of rotatable bonds is 3. The minimum absolute atomic E-state index is 0.0206. The molecule has 2 N–H and O–H groups in total. The highest BCUT2D eigenvalue weighted by molar-refractivity contribution is 6.48. The number of aromatic nitrogens is 2. The first-order valence-corrected chi connectivity index (χ1v) is 7.53. The van der Waals surface area contributed by atoms with Crippen LogP contribution in [0.15, 0.2) is 36.5 Å². The van der Waals surface area contributed by atoms with E-state index in [1.165, 1.54) is 0 Å². The molecular weight excluding hydrogens is 329 g/mol. The Morgan fingerprint density at radius 2 is 1.90 bits per heavy atom. The average molecular weight is 341 g/mol. The van der Waals surface area contributed by atoms with Crippen molar-refractivity contribution in [2.24, 2.45) is 0 Å². The zero-order chi connectivity index (χ0) is 15.0. The van der Waals surface area contributed by atoms with Crippen LogP contribution in [0.2, 0.25) is 15.1 Å². The Labute approximate surface area is 137 Å². The number of nitrogens with one attached hydrogen (secondary N) is 2. The lowest BCUT2D eigenvalue weighted by Crippen LogP contribution is -2.07. The van der Waals surface area contributed by atoms with Crippen LogP contribution in [-0.4, -0.2) is 10.2 Å². The summed E-state index contributed by atoms with van der Waals surface area (Å²) in [6.45, 7) is 2.02. The fraction of sp³-hybridized carbons (Fsp3) is 0.133. The molecule has 0 aliphatic heterocycles. The van der Waals surface area contributed by atoms with E-state index in [0.717, 1.165) is 22.2 Å². The third kappa shape index (κ3) is 2.69.